The first kappa shape index (κ1) is 27.8. The van der Waals surface area contributed by atoms with Crippen molar-refractivity contribution in [1.29, 1.82) is 0 Å². The Morgan fingerprint density at radius 3 is 2.71 bits per heavy atom. The van der Waals surface area contributed by atoms with Crippen molar-refractivity contribution in [1.82, 2.24) is 14.6 Å². The van der Waals surface area contributed by atoms with E-state index in [4.69, 9.17) is 27.0 Å². The number of cyclic esters (lactones) is 1. The van der Waals surface area contributed by atoms with Crippen LogP contribution in [0.15, 0.2) is 53.5 Å². The number of aromatic nitrogens is 2. The van der Waals surface area contributed by atoms with Crippen LogP contribution in [0.25, 0.3) is 28.0 Å². The maximum atomic E-state index is 14.6. The summed E-state index contributed by atoms with van der Waals surface area (Å²) in [6.45, 7) is 5.79. The molecule has 7 N–H and O–H groups in total. The second-order valence-electron chi connectivity index (χ2n) is 9.78. The second-order valence-corrected chi connectivity index (χ2v) is 9.78. The molecule has 4 aromatic rings. The summed E-state index contributed by atoms with van der Waals surface area (Å²) in [5.41, 5.74) is 17.0. The number of halogens is 1. The Morgan fingerprint density at radius 1 is 1.22 bits per heavy atom. The molecule has 1 atom stereocenters. The number of aryl methyl sites for hydroxylation is 1. The number of fused-ring (bicyclic) bond motifs is 5. The molecule has 0 radical (unpaired) electrons. The minimum absolute atomic E-state index is 0.169. The van der Waals surface area contributed by atoms with Gasteiger partial charge in [0.05, 0.1) is 41.3 Å². The highest BCUT2D eigenvalue weighted by molar-refractivity contribution is 5.89. The summed E-state index contributed by atoms with van der Waals surface area (Å²) in [5, 5.41) is 12.5. The summed E-state index contributed by atoms with van der Waals surface area (Å²) in [7, 11) is 0. The molecule has 0 aliphatic carbocycles. The van der Waals surface area contributed by atoms with Gasteiger partial charge in [0, 0.05) is 40.0 Å². The van der Waals surface area contributed by atoms with Crippen molar-refractivity contribution < 1.29 is 19.0 Å². The molecule has 2 aliphatic rings. The number of carbonyl (C=O) groups is 1. The lowest BCUT2D eigenvalue weighted by Gasteiger charge is -2.21. The van der Waals surface area contributed by atoms with Crippen molar-refractivity contribution in [2.24, 2.45) is 11.6 Å². The number of nitrogen functional groups attached to an aromatic ring is 1. The van der Waals surface area contributed by atoms with Gasteiger partial charge in [-0.05, 0) is 42.3 Å². The van der Waals surface area contributed by atoms with Crippen LogP contribution in [0, 0.1) is 12.7 Å². The van der Waals surface area contributed by atoms with Crippen molar-refractivity contribution in [3.8, 4) is 11.4 Å². The van der Waals surface area contributed by atoms with Gasteiger partial charge in [-0.1, -0.05) is 26.0 Å². The molecule has 4 heterocycles. The minimum Gasteiger partial charge on any atom is -0.458 e. The van der Waals surface area contributed by atoms with E-state index in [1.54, 1.807) is 43.5 Å². The van der Waals surface area contributed by atoms with Gasteiger partial charge in [-0.2, -0.15) is 0 Å². The number of hydrazine groups is 1. The fraction of sp³-hybridized carbons (Fsp3) is 0.233. The van der Waals surface area contributed by atoms with Gasteiger partial charge in [0.2, 0.25) is 0 Å². The Kier molecular flexibility index (Phi) is 7.24. The zero-order chi connectivity index (χ0) is 29.6. The van der Waals surface area contributed by atoms with Crippen LogP contribution in [-0.4, -0.2) is 25.6 Å². The number of rotatable bonds is 4. The highest BCUT2D eigenvalue weighted by Gasteiger charge is 2.34. The predicted molar refractivity (Wildman–Crippen MR) is 154 cm³/mol. The van der Waals surface area contributed by atoms with Crippen LogP contribution in [-0.2, 0) is 29.2 Å². The fourth-order valence-corrected chi connectivity index (χ4v) is 5.22. The van der Waals surface area contributed by atoms with E-state index in [1.807, 2.05) is 19.9 Å². The lowest BCUT2D eigenvalue weighted by molar-refractivity contribution is -0.157. The molecule has 212 valence electrons. The van der Waals surface area contributed by atoms with Gasteiger partial charge in [0.15, 0.2) is 6.10 Å². The third kappa shape index (κ3) is 4.79. The van der Waals surface area contributed by atoms with Crippen LogP contribution in [0.1, 0.15) is 53.3 Å². The molecule has 2 aromatic carbocycles. The molecule has 6 rings (SSSR count). The van der Waals surface area contributed by atoms with Crippen molar-refractivity contribution in [3.05, 3.63) is 98.2 Å². The van der Waals surface area contributed by atoms with Crippen LogP contribution in [0.3, 0.4) is 0 Å². The molecule has 0 saturated carbocycles. The summed E-state index contributed by atoms with van der Waals surface area (Å²) in [5.74, 6) is 5.16. The smallest absolute Gasteiger partial charge is 0.340 e. The lowest BCUT2D eigenvalue weighted by atomic mass is 9.97. The van der Waals surface area contributed by atoms with Gasteiger partial charge in [0.25, 0.3) is 5.56 Å². The standard InChI is InChI=1S/C28H25FN6O4.C2H6/c1-13-5-16-18(9-34(32)11-22(31)14-3-2-4-15(30)6-14)19-10-35-24(25(19)33-23(16)8-21(13)29)7-17-20(27(35)37)12-39-28(38)26(17)36;1-2/h2-8,11,26,36H,9-10,12,30-32H2,1H3;1-2H3/b22-11-;. The highest BCUT2D eigenvalue weighted by atomic mass is 19.1. The molecule has 1 unspecified atom stereocenters. The molecule has 0 fully saturated rings. The zero-order valence-electron chi connectivity index (χ0n) is 22.9. The second kappa shape index (κ2) is 10.7. The topological polar surface area (TPSA) is 163 Å². The molecule has 2 aromatic heterocycles. The number of anilines is 1. The number of esters is 1. The van der Waals surface area contributed by atoms with Gasteiger partial charge in [0.1, 0.15) is 12.4 Å². The van der Waals surface area contributed by atoms with E-state index in [9.17, 15) is 19.1 Å². The van der Waals surface area contributed by atoms with Crippen LogP contribution in [0.5, 0.6) is 0 Å². The Balaban J connectivity index is 0.00000165. The first-order chi connectivity index (χ1) is 19.6. The quantitative estimate of drug-likeness (QED) is 0.112. The Bertz CT molecular complexity index is 1800. The van der Waals surface area contributed by atoms with E-state index in [2.05, 4.69) is 0 Å². The lowest BCUT2D eigenvalue weighted by Crippen LogP contribution is -2.32. The molecule has 0 bridgehead atoms. The first-order valence-electron chi connectivity index (χ1n) is 13.2. The molecule has 41 heavy (non-hydrogen) atoms. The average molecular weight is 559 g/mol. The first-order valence-corrected chi connectivity index (χ1v) is 13.2. The summed E-state index contributed by atoms with van der Waals surface area (Å²) >= 11 is 0. The number of benzene rings is 2. The third-order valence-corrected chi connectivity index (χ3v) is 7.22. The normalized spacial score (nSPS) is 15.4. The van der Waals surface area contributed by atoms with Crippen LogP contribution >= 0.6 is 0 Å². The molecular formula is C30H31FN6O4. The predicted octanol–water partition coefficient (Wildman–Crippen LogP) is 3.20. The average Bonchev–Trinajstić information content (AvgIpc) is 3.32. The number of hydrogen-bond acceptors (Lipinski definition) is 9. The van der Waals surface area contributed by atoms with Crippen molar-refractivity contribution in [2.75, 3.05) is 5.73 Å². The van der Waals surface area contributed by atoms with Crippen molar-refractivity contribution in [2.45, 2.75) is 46.6 Å². The number of aliphatic hydroxyl groups excluding tert-OH is 1. The van der Waals surface area contributed by atoms with Gasteiger partial charge in [-0.3, -0.25) is 4.79 Å². The van der Waals surface area contributed by atoms with E-state index in [0.717, 1.165) is 11.1 Å². The fourth-order valence-electron chi connectivity index (χ4n) is 5.22. The maximum Gasteiger partial charge on any atom is 0.340 e. The summed E-state index contributed by atoms with van der Waals surface area (Å²) in [6.07, 6.45) is 0.00639. The number of carbonyl (C=O) groups excluding carboxylic acids is 1. The number of nitrogens with two attached hydrogens (primary N) is 3. The minimum atomic E-state index is -1.57. The van der Waals surface area contributed by atoms with Crippen LogP contribution in [0.4, 0.5) is 10.1 Å². The summed E-state index contributed by atoms with van der Waals surface area (Å²) in [6, 6.07) is 11.7. The van der Waals surface area contributed by atoms with Gasteiger partial charge >= 0.3 is 5.97 Å². The molecule has 11 heteroatoms. The molecular weight excluding hydrogens is 527 g/mol. The van der Waals surface area contributed by atoms with Crippen LogP contribution < -0.4 is 22.9 Å². The molecule has 0 saturated heterocycles. The molecule has 10 nitrogen and oxygen atoms in total. The molecule has 2 aliphatic heterocycles. The summed E-state index contributed by atoms with van der Waals surface area (Å²) < 4.78 is 21.1. The largest absolute Gasteiger partial charge is 0.458 e. The number of hydrogen-bond donors (Lipinski definition) is 4. The van der Waals surface area contributed by atoms with E-state index in [0.29, 0.717) is 44.8 Å². The van der Waals surface area contributed by atoms with E-state index in [1.165, 1.54) is 15.6 Å². The molecule has 0 amide bonds. The van der Waals surface area contributed by atoms with Gasteiger partial charge < -0.3 is 30.9 Å². The maximum absolute atomic E-state index is 14.6. The van der Waals surface area contributed by atoms with Crippen molar-refractivity contribution >= 4 is 28.3 Å². The van der Waals surface area contributed by atoms with E-state index < -0.39 is 17.9 Å². The van der Waals surface area contributed by atoms with E-state index in [-0.39, 0.29) is 36.4 Å². The number of nitrogens with zero attached hydrogens (tertiary/aromatic N) is 3. The number of pyridine rings is 2. The number of ether oxygens (including phenoxy) is 1. The Labute approximate surface area is 235 Å². The zero-order valence-corrected chi connectivity index (χ0v) is 22.9. The van der Waals surface area contributed by atoms with Crippen molar-refractivity contribution in [3.63, 3.8) is 0 Å². The van der Waals surface area contributed by atoms with Gasteiger partial charge in [-0.25, -0.2) is 20.0 Å². The molecule has 0 spiro atoms. The monoisotopic (exact) mass is 558 g/mol. The third-order valence-electron chi connectivity index (χ3n) is 7.22. The van der Waals surface area contributed by atoms with Crippen LogP contribution in [0.2, 0.25) is 0 Å². The SMILES string of the molecule is CC.Cc1cc2c(CN(N)/C=C(\N)c3cccc(N)c3)c3c(nc2cc1F)-c1cc2c(c(=O)n1C3)COC(=O)C2O. The Morgan fingerprint density at radius 2 is 1.98 bits per heavy atom. The highest BCUT2D eigenvalue weighted by Crippen LogP contribution is 2.38. The van der Waals surface area contributed by atoms with Gasteiger partial charge in [-0.15, -0.1) is 0 Å². The summed E-state index contributed by atoms with van der Waals surface area (Å²) in [4.78, 5) is 30.1. The van der Waals surface area contributed by atoms with E-state index >= 15 is 0 Å². The number of aliphatic hydroxyl groups is 1. The Hall–Kier alpha value is -4.74.